The average molecular weight is 1110 g/mol. The number of allylic oxidation sites excluding steroid dienone is 30. The molecule has 0 radical (unpaired) electrons. The predicted octanol–water partition coefficient (Wildman–Crippen LogP) is 26.9. The highest BCUT2D eigenvalue weighted by Crippen LogP contribution is 2.21. The molecule has 0 spiro atoms. The van der Waals surface area contributed by atoms with Crippen LogP contribution in [0.1, 0.15) is 317 Å². The van der Waals surface area contributed by atoms with Gasteiger partial charge < -0.3 is 5.11 Å². The zero-order valence-electron chi connectivity index (χ0n) is 56.8. The van der Waals surface area contributed by atoms with Crippen LogP contribution in [-0.2, 0) is 0 Å². The number of hydrogen-bond donors (Lipinski definition) is 1. The van der Waals surface area contributed by atoms with Crippen molar-refractivity contribution in [3.05, 3.63) is 175 Å². The molecule has 0 fully saturated rings. The third-order valence-corrected chi connectivity index (χ3v) is 16.3. The first-order chi connectivity index (χ1) is 38.7. The molecular formula is C80H132O. The summed E-state index contributed by atoms with van der Waals surface area (Å²) in [6.45, 7) is 39.2. The van der Waals surface area contributed by atoms with Crippen molar-refractivity contribution in [3.63, 3.8) is 0 Å². The smallest absolute Gasteiger partial charge is 0.0433 e. The van der Waals surface area contributed by atoms with Crippen molar-refractivity contribution in [1.29, 1.82) is 0 Å². The van der Waals surface area contributed by atoms with Crippen LogP contribution in [0.2, 0.25) is 0 Å². The lowest BCUT2D eigenvalue weighted by atomic mass is 10.0. The molecule has 0 aliphatic carbocycles. The minimum Gasteiger partial charge on any atom is -0.396 e. The minimum absolute atomic E-state index is 0.309. The number of hydrogen-bond acceptors (Lipinski definition) is 1. The van der Waals surface area contributed by atoms with Gasteiger partial charge in [-0.3, -0.25) is 0 Å². The first kappa shape index (κ1) is 77.1. The first-order valence-electron chi connectivity index (χ1n) is 33.1. The summed E-state index contributed by atoms with van der Waals surface area (Å²) in [4.78, 5) is 0. The summed E-state index contributed by atoms with van der Waals surface area (Å²) in [5.41, 5.74) is 22.8. The molecule has 81 heavy (non-hydrogen) atoms. The fourth-order valence-electron chi connectivity index (χ4n) is 10.1. The van der Waals surface area contributed by atoms with Crippen molar-refractivity contribution in [2.45, 2.75) is 317 Å². The Labute approximate surface area is 506 Å². The highest BCUT2D eigenvalue weighted by molar-refractivity contribution is 5.13. The molecular weight excluding hydrogens is 977 g/mol. The van der Waals surface area contributed by atoms with Crippen molar-refractivity contribution in [2.24, 2.45) is 5.92 Å². The van der Waals surface area contributed by atoms with Crippen LogP contribution in [0.25, 0.3) is 0 Å². The highest BCUT2D eigenvalue weighted by Gasteiger charge is 2.02. The van der Waals surface area contributed by atoms with Gasteiger partial charge in [-0.25, -0.2) is 0 Å². The molecule has 0 aromatic rings. The second kappa shape index (κ2) is 51.7. The van der Waals surface area contributed by atoms with Crippen LogP contribution in [0, 0.1) is 5.92 Å². The summed E-state index contributed by atoms with van der Waals surface area (Å²) in [6, 6.07) is 0. The predicted molar refractivity (Wildman–Crippen MR) is 371 cm³/mol. The highest BCUT2D eigenvalue weighted by atomic mass is 16.3. The van der Waals surface area contributed by atoms with Crippen LogP contribution >= 0.6 is 0 Å². The van der Waals surface area contributed by atoms with E-state index in [1.165, 1.54) is 180 Å². The van der Waals surface area contributed by atoms with E-state index in [4.69, 9.17) is 5.11 Å². The van der Waals surface area contributed by atoms with Gasteiger partial charge in [-0.1, -0.05) is 182 Å². The van der Waals surface area contributed by atoms with Gasteiger partial charge in [0.1, 0.15) is 0 Å². The fraction of sp³-hybridized carbons (Fsp3) is 0.625. The zero-order chi connectivity index (χ0) is 60.5. The molecule has 0 amide bonds. The number of aliphatic hydroxyl groups is 1. The van der Waals surface area contributed by atoms with Gasteiger partial charge in [0.2, 0.25) is 0 Å². The van der Waals surface area contributed by atoms with Crippen molar-refractivity contribution < 1.29 is 5.11 Å². The molecule has 0 aromatic heterocycles. The molecule has 0 aliphatic heterocycles. The molecule has 0 bridgehead atoms. The largest absolute Gasteiger partial charge is 0.396 e. The molecule has 0 saturated carbocycles. The monoisotopic (exact) mass is 1110 g/mol. The van der Waals surface area contributed by atoms with Crippen molar-refractivity contribution in [2.75, 3.05) is 6.61 Å². The van der Waals surface area contributed by atoms with Gasteiger partial charge in [0.15, 0.2) is 0 Å². The third-order valence-electron chi connectivity index (χ3n) is 16.3. The van der Waals surface area contributed by atoms with Gasteiger partial charge >= 0.3 is 0 Å². The normalized spacial score (nSPS) is 15.4. The fourth-order valence-corrected chi connectivity index (χ4v) is 10.1. The molecule has 0 rings (SSSR count). The minimum atomic E-state index is 0.309. The van der Waals surface area contributed by atoms with E-state index in [9.17, 15) is 0 Å². The lowest BCUT2D eigenvalue weighted by Crippen LogP contribution is -1.97. The molecule has 1 N–H and O–H groups in total. The summed E-state index contributed by atoms with van der Waals surface area (Å²) >= 11 is 0. The van der Waals surface area contributed by atoms with E-state index in [0.29, 0.717) is 12.5 Å². The SMILES string of the molecule is CC(C)=CCC/C(C)=C/CC/C(C)=C/CC/C(C)=C/CC/C(C)=C/CC/C(C)=C/CC/C(C)=C/CC/C(C)=C/CC/C(C)=C/CC/C(C)=C/CC/C(C)=C/CC/C(C)=C/CC/C(C)=C/CC/C(C)=C/CC/C(C)=C/CCC(C)CCO. The van der Waals surface area contributed by atoms with Gasteiger partial charge in [-0.05, 0) is 316 Å². The van der Waals surface area contributed by atoms with Crippen LogP contribution < -0.4 is 0 Å². The Hall–Kier alpha value is -3.94. The maximum Gasteiger partial charge on any atom is 0.0433 e. The molecule has 1 atom stereocenters. The quantitative estimate of drug-likeness (QED) is 0.0602. The van der Waals surface area contributed by atoms with Crippen LogP contribution in [0.15, 0.2) is 175 Å². The average Bonchev–Trinajstić information content (AvgIpc) is 3.38. The van der Waals surface area contributed by atoms with Gasteiger partial charge in [-0.2, -0.15) is 0 Å². The van der Waals surface area contributed by atoms with E-state index < -0.39 is 0 Å². The Balaban J connectivity index is 4.32. The zero-order valence-corrected chi connectivity index (χ0v) is 56.8. The van der Waals surface area contributed by atoms with E-state index in [2.05, 4.69) is 209 Å². The van der Waals surface area contributed by atoms with Crippen LogP contribution in [0.3, 0.4) is 0 Å². The molecule has 1 nitrogen and oxygen atoms in total. The van der Waals surface area contributed by atoms with E-state index >= 15 is 0 Å². The Morgan fingerprint density at radius 2 is 0.346 bits per heavy atom. The van der Waals surface area contributed by atoms with Crippen molar-refractivity contribution in [1.82, 2.24) is 0 Å². The third kappa shape index (κ3) is 52.6. The Morgan fingerprint density at radius 3 is 0.481 bits per heavy atom. The molecule has 0 aliphatic rings. The van der Waals surface area contributed by atoms with Gasteiger partial charge in [0.05, 0.1) is 0 Å². The first-order valence-corrected chi connectivity index (χ1v) is 33.1. The lowest BCUT2D eigenvalue weighted by Gasteiger charge is -2.07. The molecule has 0 heterocycles. The van der Waals surface area contributed by atoms with E-state index in [1.54, 1.807) is 0 Å². The summed E-state index contributed by atoms with van der Waals surface area (Å²) in [5, 5.41) is 9.10. The topological polar surface area (TPSA) is 20.2 Å². The Morgan fingerprint density at radius 1 is 0.210 bits per heavy atom. The standard InChI is InChI=1S/C80H132O/c1-65(2)33-18-34-66(3)35-19-36-67(4)37-20-38-68(5)39-21-40-69(6)41-22-42-70(7)43-23-44-71(8)45-24-46-72(9)47-25-48-73(10)49-26-50-74(11)51-27-52-75(12)53-28-54-76(13)55-29-56-77(14)57-30-58-78(15)59-31-60-79(16)61-32-62-80(17)63-64-81/h33,35,37,39,41,43,45,47,49,51,53,55,57,59,61,80-81H,18-32,34,36,38,40,42,44,46,48,50,52,54,56,58,60,62-64H2,1-17H3/b66-35+,67-37+,68-39+,69-41+,70-43+,71-45+,72-47+,73-49+,74-51+,75-53+,76-55+,77-57+,78-59+,79-61+. The van der Waals surface area contributed by atoms with Crippen LogP contribution in [0.5, 0.6) is 0 Å². The summed E-state index contributed by atoms with van der Waals surface area (Å²) in [6.07, 6.45) is 72.6. The molecule has 0 aromatic carbocycles. The Kier molecular flexibility index (Phi) is 49.2. The maximum atomic E-state index is 9.10. The van der Waals surface area contributed by atoms with Gasteiger partial charge in [0, 0.05) is 6.61 Å². The number of rotatable bonds is 47. The Bertz CT molecular complexity index is 2170. The summed E-state index contributed by atoms with van der Waals surface area (Å²) in [5.74, 6) is 0.612. The summed E-state index contributed by atoms with van der Waals surface area (Å²) in [7, 11) is 0. The summed E-state index contributed by atoms with van der Waals surface area (Å²) < 4.78 is 0. The van der Waals surface area contributed by atoms with Crippen molar-refractivity contribution in [3.8, 4) is 0 Å². The number of aliphatic hydroxyl groups excluding tert-OH is 1. The van der Waals surface area contributed by atoms with E-state index in [0.717, 1.165) is 103 Å². The second-order valence-electron chi connectivity index (χ2n) is 25.7. The van der Waals surface area contributed by atoms with E-state index in [-0.39, 0.29) is 0 Å². The molecule has 1 heteroatoms. The lowest BCUT2D eigenvalue weighted by molar-refractivity contribution is 0.259. The maximum absolute atomic E-state index is 9.10. The van der Waals surface area contributed by atoms with E-state index in [1.807, 2.05) is 0 Å². The second-order valence-corrected chi connectivity index (χ2v) is 25.7. The molecule has 0 saturated heterocycles. The molecule has 1 unspecified atom stereocenters. The van der Waals surface area contributed by atoms with Gasteiger partial charge in [-0.15, -0.1) is 0 Å². The molecule has 458 valence electrons. The van der Waals surface area contributed by atoms with Crippen molar-refractivity contribution >= 4 is 0 Å². The van der Waals surface area contributed by atoms with Crippen LogP contribution in [0.4, 0.5) is 0 Å². The van der Waals surface area contributed by atoms with Gasteiger partial charge in [0.25, 0.3) is 0 Å². The van der Waals surface area contributed by atoms with Crippen LogP contribution in [-0.4, -0.2) is 11.7 Å².